The summed E-state index contributed by atoms with van der Waals surface area (Å²) in [6.45, 7) is 2.83. The molecule has 0 radical (unpaired) electrons. The van der Waals surface area contributed by atoms with Gasteiger partial charge in [-0.05, 0) is 43.9 Å². The van der Waals surface area contributed by atoms with Gasteiger partial charge in [-0.25, -0.2) is 4.39 Å². The molecule has 1 aliphatic rings. The van der Waals surface area contributed by atoms with Gasteiger partial charge in [-0.2, -0.15) is 0 Å². The van der Waals surface area contributed by atoms with Crippen molar-refractivity contribution in [3.8, 4) is 0 Å². The molecule has 0 heterocycles. The van der Waals surface area contributed by atoms with Crippen LogP contribution in [0, 0.1) is 21.8 Å². The van der Waals surface area contributed by atoms with Crippen LogP contribution in [0.1, 0.15) is 25.3 Å². The minimum atomic E-state index is -0.440. The zero-order valence-electron chi connectivity index (χ0n) is 10.4. The van der Waals surface area contributed by atoms with Gasteiger partial charge >= 0.3 is 0 Å². The Kier molecular flexibility index (Phi) is 3.91. The molecule has 1 unspecified atom stereocenters. The number of halogens is 1. The highest BCUT2D eigenvalue weighted by atomic mass is 19.1. The Morgan fingerprint density at radius 1 is 1.56 bits per heavy atom. The second kappa shape index (κ2) is 5.44. The number of likely N-dealkylation sites (N-methyl/N-ethyl adjacent to an activating group) is 1. The maximum absolute atomic E-state index is 13.2. The quantitative estimate of drug-likeness (QED) is 0.625. The van der Waals surface area contributed by atoms with E-state index in [4.69, 9.17) is 0 Å². The fourth-order valence-corrected chi connectivity index (χ4v) is 2.30. The molecule has 2 rings (SSSR count). The molecule has 0 spiro atoms. The van der Waals surface area contributed by atoms with E-state index in [0.29, 0.717) is 17.9 Å². The fourth-order valence-electron chi connectivity index (χ4n) is 2.30. The van der Waals surface area contributed by atoms with Crippen LogP contribution < -0.4 is 5.32 Å². The summed E-state index contributed by atoms with van der Waals surface area (Å²) in [4.78, 5) is 10.5. The Bertz CT molecular complexity index is 447. The van der Waals surface area contributed by atoms with Gasteiger partial charge in [-0.3, -0.25) is 10.1 Å². The van der Waals surface area contributed by atoms with Crippen LogP contribution in [0.5, 0.6) is 0 Å². The molecule has 1 saturated carbocycles. The predicted molar refractivity (Wildman–Crippen MR) is 66.9 cm³/mol. The Morgan fingerprint density at radius 2 is 2.28 bits per heavy atom. The van der Waals surface area contributed by atoms with Gasteiger partial charge in [0.1, 0.15) is 5.82 Å². The second-order valence-corrected chi connectivity index (χ2v) is 4.74. The average molecular weight is 252 g/mol. The number of nitrogens with zero attached hydrogens (tertiary/aromatic N) is 1. The zero-order chi connectivity index (χ0) is 13.1. The third kappa shape index (κ3) is 3.04. The largest absolute Gasteiger partial charge is 0.314 e. The van der Waals surface area contributed by atoms with Gasteiger partial charge in [0.2, 0.25) is 0 Å². The lowest BCUT2D eigenvalue weighted by Gasteiger charge is -2.17. The highest BCUT2D eigenvalue weighted by molar-refractivity contribution is 5.41. The van der Waals surface area contributed by atoms with Crippen LogP contribution in [0.15, 0.2) is 18.2 Å². The number of hydrogen-bond acceptors (Lipinski definition) is 3. The Morgan fingerprint density at radius 3 is 2.83 bits per heavy atom. The van der Waals surface area contributed by atoms with Crippen LogP contribution in [-0.4, -0.2) is 17.5 Å². The van der Waals surface area contributed by atoms with Crippen LogP contribution in [-0.2, 0) is 6.42 Å². The van der Waals surface area contributed by atoms with E-state index in [-0.39, 0.29) is 11.7 Å². The number of nitro benzene ring substituents is 1. The topological polar surface area (TPSA) is 55.2 Å². The van der Waals surface area contributed by atoms with E-state index < -0.39 is 10.7 Å². The molecule has 0 saturated heterocycles. The molecule has 0 aliphatic heterocycles. The summed E-state index contributed by atoms with van der Waals surface area (Å²) in [6.07, 6.45) is 2.83. The van der Waals surface area contributed by atoms with Crippen LogP contribution in [0.2, 0.25) is 0 Å². The zero-order valence-corrected chi connectivity index (χ0v) is 10.4. The van der Waals surface area contributed by atoms with Crippen LogP contribution in [0.25, 0.3) is 0 Å². The predicted octanol–water partition coefficient (Wildman–Crippen LogP) is 2.66. The van der Waals surface area contributed by atoms with Gasteiger partial charge < -0.3 is 5.32 Å². The summed E-state index contributed by atoms with van der Waals surface area (Å²) in [5.74, 6) is 0.162. The van der Waals surface area contributed by atoms with Gasteiger partial charge in [0.25, 0.3) is 5.69 Å². The van der Waals surface area contributed by atoms with Crippen molar-refractivity contribution >= 4 is 5.69 Å². The molecule has 98 valence electrons. The number of nitrogens with one attached hydrogen (secondary N) is 1. The molecule has 4 nitrogen and oxygen atoms in total. The molecule has 0 amide bonds. The van der Waals surface area contributed by atoms with E-state index in [0.717, 1.165) is 25.5 Å². The molecule has 1 aromatic carbocycles. The molecule has 1 aromatic rings. The first-order valence-corrected chi connectivity index (χ1v) is 6.28. The van der Waals surface area contributed by atoms with E-state index in [1.165, 1.54) is 12.1 Å². The Balaban J connectivity index is 2.20. The molecule has 0 aromatic heterocycles. The lowest BCUT2D eigenvalue weighted by Crippen LogP contribution is -2.33. The van der Waals surface area contributed by atoms with E-state index in [9.17, 15) is 14.5 Å². The van der Waals surface area contributed by atoms with Crippen LogP contribution in [0.4, 0.5) is 10.1 Å². The molecule has 0 bridgehead atoms. The minimum absolute atomic E-state index is 0.0138. The number of hydrogen-bond donors (Lipinski definition) is 1. The summed E-state index contributed by atoms with van der Waals surface area (Å²) in [5, 5.41) is 14.3. The number of benzene rings is 1. The number of rotatable bonds is 6. The van der Waals surface area contributed by atoms with Gasteiger partial charge in [-0.1, -0.05) is 6.92 Å². The monoisotopic (exact) mass is 252 g/mol. The van der Waals surface area contributed by atoms with E-state index in [1.54, 1.807) is 0 Å². The van der Waals surface area contributed by atoms with Gasteiger partial charge in [0.05, 0.1) is 4.92 Å². The fraction of sp³-hybridized carbons (Fsp3) is 0.538. The SMILES string of the molecule is CCNC(Cc1cc(F)ccc1[N+](=O)[O-])C1CC1. The van der Waals surface area contributed by atoms with Crippen LogP contribution in [0.3, 0.4) is 0 Å². The standard InChI is InChI=1S/C13H17FN2O2/c1-2-15-12(9-3-4-9)8-10-7-11(14)5-6-13(10)16(17)18/h5-7,9,12,15H,2-4,8H2,1H3. The average Bonchev–Trinajstić information content (AvgIpc) is 3.12. The summed E-state index contributed by atoms with van der Waals surface area (Å²) >= 11 is 0. The first-order valence-electron chi connectivity index (χ1n) is 6.28. The van der Waals surface area contributed by atoms with Gasteiger partial charge in [0, 0.05) is 17.7 Å². The van der Waals surface area contributed by atoms with Crippen molar-refractivity contribution in [3.63, 3.8) is 0 Å². The molecule has 1 atom stereocenters. The maximum atomic E-state index is 13.2. The van der Waals surface area contributed by atoms with Crippen molar-refractivity contribution in [2.45, 2.75) is 32.2 Å². The molecule has 5 heteroatoms. The molecular formula is C13H17FN2O2. The normalized spacial score (nSPS) is 16.6. The Labute approximate surface area is 105 Å². The summed E-state index contributed by atoms with van der Waals surface area (Å²) < 4.78 is 13.2. The van der Waals surface area contributed by atoms with Crippen molar-refractivity contribution in [1.82, 2.24) is 5.32 Å². The maximum Gasteiger partial charge on any atom is 0.272 e. The van der Waals surface area contributed by atoms with E-state index >= 15 is 0 Å². The third-order valence-corrected chi connectivity index (χ3v) is 3.34. The highest BCUT2D eigenvalue weighted by Crippen LogP contribution is 2.35. The molecule has 1 aliphatic carbocycles. The van der Waals surface area contributed by atoms with Crippen molar-refractivity contribution in [3.05, 3.63) is 39.7 Å². The summed E-state index contributed by atoms with van der Waals surface area (Å²) in [5.41, 5.74) is 0.498. The van der Waals surface area contributed by atoms with E-state index in [2.05, 4.69) is 5.32 Å². The van der Waals surface area contributed by atoms with Crippen molar-refractivity contribution in [1.29, 1.82) is 0 Å². The molecule has 18 heavy (non-hydrogen) atoms. The molecule has 1 N–H and O–H groups in total. The summed E-state index contributed by atoms with van der Waals surface area (Å²) in [7, 11) is 0. The minimum Gasteiger partial charge on any atom is -0.314 e. The van der Waals surface area contributed by atoms with Crippen molar-refractivity contribution < 1.29 is 9.31 Å². The molecule has 1 fully saturated rings. The lowest BCUT2D eigenvalue weighted by atomic mass is 10.0. The first-order chi connectivity index (χ1) is 8.61. The highest BCUT2D eigenvalue weighted by Gasteiger charge is 2.32. The smallest absolute Gasteiger partial charge is 0.272 e. The van der Waals surface area contributed by atoms with E-state index in [1.807, 2.05) is 6.92 Å². The first kappa shape index (κ1) is 13.0. The second-order valence-electron chi connectivity index (χ2n) is 4.74. The van der Waals surface area contributed by atoms with Gasteiger partial charge in [-0.15, -0.1) is 0 Å². The van der Waals surface area contributed by atoms with Crippen molar-refractivity contribution in [2.24, 2.45) is 5.92 Å². The van der Waals surface area contributed by atoms with Gasteiger partial charge in [0.15, 0.2) is 0 Å². The lowest BCUT2D eigenvalue weighted by molar-refractivity contribution is -0.385. The third-order valence-electron chi connectivity index (χ3n) is 3.34. The van der Waals surface area contributed by atoms with Crippen molar-refractivity contribution in [2.75, 3.05) is 6.54 Å². The summed E-state index contributed by atoms with van der Waals surface area (Å²) in [6, 6.07) is 3.89. The van der Waals surface area contributed by atoms with Crippen LogP contribution >= 0.6 is 0 Å². The molecular weight excluding hydrogens is 235 g/mol. The number of nitro groups is 1. The Hall–Kier alpha value is -1.49.